The van der Waals surface area contributed by atoms with Crippen LogP contribution < -0.4 is 10.6 Å². The maximum atomic E-state index is 5.93. The molecule has 0 saturated carbocycles. The summed E-state index contributed by atoms with van der Waals surface area (Å²) >= 11 is 0. The first kappa shape index (κ1) is 11.0. The molecule has 1 fully saturated rings. The van der Waals surface area contributed by atoms with Crippen molar-refractivity contribution in [3.05, 3.63) is 17.3 Å². The zero-order valence-electron chi connectivity index (χ0n) is 10.4. The molecule has 92 valence electrons. The highest BCUT2D eigenvalue weighted by Crippen LogP contribution is 2.26. The normalized spacial score (nSPS) is 28.2. The van der Waals surface area contributed by atoms with Crippen LogP contribution in [-0.4, -0.2) is 29.3 Å². The third kappa shape index (κ3) is 2.14. The Morgan fingerprint density at radius 1 is 1.35 bits per heavy atom. The smallest absolute Gasteiger partial charge is 0.151 e. The number of fused-ring (bicyclic) bond motifs is 1. The number of anilines is 1. The molecule has 2 atom stereocenters. The fourth-order valence-electron chi connectivity index (χ4n) is 2.84. The lowest BCUT2D eigenvalue weighted by molar-refractivity contribution is 0.490. The molecule has 1 aromatic heterocycles. The summed E-state index contributed by atoms with van der Waals surface area (Å²) in [7, 11) is 0. The van der Waals surface area contributed by atoms with Crippen LogP contribution in [0, 0.1) is 5.92 Å². The van der Waals surface area contributed by atoms with Gasteiger partial charge in [-0.05, 0) is 43.2 Å². The average Bonchev–Trinajstić information content (AvgIpc) is 2.75. The van der Waals surface area contributed by atoms with Crippen LogP contribution in [0.3, 0.4) is 0 Å². The number of nitrogens with zero attached hydrogens (tertiary/aromatic N) is 3. The maximum absolute atomic E-state index is 5.93. The van der Waals surface area contributed by atoms with E-state index in [2.05, 4.69) is 28.1 Å². The summed E-state index contributed by atoms with van der Waals surface area (Å²) in [5.74, 6) is 1.80. The van der Waals surface area contributed by atoms with Crippen molar-refractivity contribution in [3.8, 4) is 0 Å². The van der Waals surface area contributed by atoms with Crippen LogP contribution in [0.25, 0.3) is 0 Å². The number of aryl methyl sites for hydroxylation is 1. The van der Waals surface area contributed by atoms with Gasteiger partial charge in [0.2, 0.25) is 0 Å². The number of rotatable bonds is 1. The topological polar surface area (TPSA) is 55.0 Å². The van der Waals surface area contributed by atoms with Gasteiger partial charge in [-0.3, -0.25) is 0 Å². The molecule has 3 rings (SSSR count). The number of aromatic nitrogens is 2. The average molecular weight is 232 g/mol. The molecule has 2 aliphatic rings. The van der Waals surface area contributed by atoms with Crippen LogP contribution in [0.15, 0.2) is 6.07 Å². The molecule has 1 aliphatic carbocycles. The Morgan fingerprint density at radius 3 is 3.00 bits per heavy atom. The first-order valence-electron chi connectivity index (χ1n) is 6.58. The molecule has 2 N–H and O–H groups in total. The highest BCUT2D eigenvalue weighted by Gasteiger charge is 2.23. The van der Waals surface area contributed by atoms with Gasteiger partial charge >= 0.3 is 0 Å². The number of nitrogens with two attached hydrogens (primary N) is 1. The van der Waals surface area contributed by atoms with Gasteiger partial charge in [0.25, 0.3) is 0 Å². The largest absolute Gasteiger partial charge is 0.354 e. The van der Waals surface area contributed by atoms with Crippen molar-refractivity contribution in [2.75, 3.05) is 18.0 Å². The van der Waals surface area contributed by atoms with E-state index < -0.39 is 0 Å². The van der Waals surface area contributed by atoms with Crippen molar-refractivity contribution < 1.29 is 0 Å². The summed E-state index contributed by atoms with van der Waals surface area (Å²) in [5, 5.41) is 8.74. The fourth-order valence-corrected chi connectivity index (χ4v) is 2.84. The van der Waals surface area contributed by atoms with Gasteiger partial charge < -0.3 is 10.6 Å². The van der Waals surface area contributed by atoms with E-state index in [0.717, 1.165) is 44.1 Å². The third-order valence-corrected chi connectivity index (χ3v) is 3.94. The summed E-state index contributed by atoms with van der Waals surface area (Å²) in [6.07, 6.45) is 4.55. The van der Waals surface area contributed by atoms with Crippen LogP contribution in [0.2, 0.25) is 0 Å². The Kier molecular flexibility index (Phi) is 2.74. The van der Waals surface area contributed by atoms with Gasteiger partial charge in [-0.15, -0.1) is 5.10 Å². The van der Waals surface area contributed by atoms with Crippen molar-refractivity contribution in [1.82, 2.24) is 10.2 Å². The van der Waals surface area contributed by atoms with Gasteiger partial charge in [0.05, 0.1) is 5.69 Å². The summed E-state index contributed by atoms with van der Waals surface area (Å²) in [6.45, 7) is 4.25. The fraction of sp³-hybridized carbons (Fsp3) is 0.692. The second-order valence-corrected chi connectivity index (χ2v) is 5.52. The highest BCUT2D eigenvalue weighted by molar-refractivity contribution is 5.43. The minimum atomic E-state index is 0.298. The van der Waals surface area contributed by atoms with Gasteiger partial charge in [-0.25, -0.2) is 0 Å². The molecule has 17 heavy (non-hydrogen) atoms. The van der Waals surface area contributed by atoms with Gasteiger partial charge in [-0.1, -0.05) is 6.92 Å². The Balaban J connectivity index is 1.85. The van der Waals surface area contributed by atoms with Crippen LogP contribution in [0.1, 0.15) is 31.0 Å². The van der Waals surface area contributed by atoms with E-state index >= 15 is 0 Å². The van der Waals surface area contributed by atoms with Gasteiger partial charge in [0, 0.05) is 19.1 Å². The first-order chi connectivity index (χ1) is 8.22. The van der Waals surface area contributed by atoms with E-state index in [0.29, 0.717) is 6.04 Å². The summed E-state index contributed by atoms with van der Waals surface area (Å²) < 4.78 is 0. The summed E-state index contributed by atoms with van der Waals surface area (Å²) in [4.78, 5) is 2.26. The van der Waals surface area contributed by atoms with Crippen molar-refractivity contribution in [2.45, 2.75) is 38.6 Å². The van der Waals surface area contributed by atoms with Gasteiger partial charge in [0.15, 0.2) is 5.82 Å². The molecular weight excluding hydrogens is 212 g/mol. The summed E-state index contributed by atoms with van der Waals surface area (Å²) in [5.41, 5.74) is 8.53. The van der Waals surface area contributed by atoms with E-state index in [1.807, 2.05) is 0 Å². The number of hydrogen-bond donors (Lipinski definition) is 1. The highest BCUT2D eigenvalue weighted by atomic mass is 15.3. The van der Waals surface area contributed by atoms with Gasteiger partial charge in [-0.2, -0.15) is 5.10 Å². The van der Waals surface area contributed by atoms with Crippen LogP contribution >= 0.6 is 0 Å². The van der Waals surface area contributed by atoms with E-state index in [-0.39, 0.29) is 0 Å². The molecule has 1 aromatic rings. The molecule has 1 saturated heterocycles. The third-order valence-electron chi connectivity index (χ3n) is 3.94. The molecule has 4 heteroatoms. The van der Waals surface area contributed by atoms with Crippen LogP contribution in [0.5, 0.6) is 0 Å². The second kappa shape index (κ2) is 4.26. The van der Waals surface area contributed by atoms with E-state index in [9.17, 15) is 0 Å². The zero-order chi connectivity index (χ0) is 11.8. The van der Waals surface area contributed by atoms with E-state index in [1.165, 1.54) is 17.7 Å². The lowest BCUT2D eigenvalue weighted by Crippen LogP contribution is -2.27. The number of hydrogen-bond acceptors (Lipinski definition) is 4. The molecule has 1 aliphatic heterocycles. The van der Waals surface area contributed by atoms with E-state index in [1.54, 1.807) is 0 Å². The quantitative estimate of drug-likeness (QED) is 0.789. The minimum Gasteiger partial charge on any atom is -0.354 e. The Labute approximate surface area is 102 Å². The minimum absolute atomic E-state index is 0.298. The Bertz CT molecular complexity index is 418. The second-order valence-electron chi connectivity index (χ2n) is 5.52. The molecule has 0 aromatic carbocycles. The first-order valence-corrected chi connectivity index (χ1v) is 6.58. The lowest BCUT2D eigenvalue weighted by atomic mass is 9.88. The monoisotopic (exact) mass is 232 g/mol. The molecule has 0 radical (unpaired) electrons. The maximum Gasteiger partial charge on any atom is 0.151 e. The van der Waals surface area contributed by atoms with Crippen LogP contribution in [0.4, 0.5) is 5.82 Å². The van der Waals surface area contributed by atoms with Crippen LogP contribution in [-0.2, 0) is 12.8 Å². The van der Waals surface area contributed by atoms with Crippen molar-refractivity contribution in [2.24, 2.45) is 11.7 Å². The predicted octanol–water partition coefficient (Wildman–Crippen LogP) is 1.14. The zero-order valence-corrected chi connectivity index (χ0v) is 10.4. The van der Waals surface area contributed by atoms with Crippen molar-refractivity contribution in [3.63, 3.8) is 0 Å². The Morgan fingerprint density at radius 2 is 2.24 bits per heavy atom. The molecule has 4 nitrogen and oxygen atoms in total. The standard InChI is InChI=1S/C13H20N4/c1-9-2-3-12-10(6-9)7-13(16-15-12)17-5-4-11(14)8-17/h7,9,11H,2-6,8,14H2,1H3/t9-,11-/m1/s1. The predicted molar refractivity (Wildman–Crippen MR) is 68.0 cm³/mol. The molecule has 0 unspecified atom stereocenters. The van der Waals surface area contributed by atoms with Crippen molar-refractivity contribution >= 4 is 5.82 Å². The molecule has 2 heterocycles. The van der Waals surface area contributed by atoms with E-state index in [4.69, 9.17) is 5.73 Å². The molecular formula is C13H20N4. The molecule has 0 bridgehead atoms. The van der Waals surface area contributed by atoms with Gasteiger partial charge in [0.1, 0.15) is 0 Å². The van der Waals surface area contributed by atoms with Crippen molar-refractivity contribution in [1.29, 1.82) is 0 Å². The molecule has 0 spiro atoms. The Hall–Kier alpha value is -1.16. The lowest BCUT2D eigenvalue weighted by Gasteiger charge is -2.23. The SMILES string of the molecule is C[C@@H]1CCc2nnc(N3CC[C@@H](N)C3)cc2C1. The summed E-state index contributed by atoms with van der Waals surface area (Å²) in [6, 6.07) is 2.53. The molecule has 0 amide bonds.